The Kier molecular flexibility index (Phi) is 11.4. The summed E-state index contributed by atoms with van der Waals surface area (Å²) >= 11 is 6.02. The smallest absolute Gasteiger partial charge is 0.264 e. The second kappa shape index (κ2) is 14.7. The number of anilines is 1. The van der Waals surface area contributed by atoms with Crippen LogP contribution in [-0.4, -0.2) is 58.0 Å². The molecule has 0 heterocycles. The highest BCUT2D eigenvalue weighted by Crippen LogP contribution is 2.33. The zero-order valence-electron chi connectivity index (χ0n) is 23.7. The third kappa shape index (κ3) is 7.92. The number of amides is 2. The number of nitrogens with zero attached hydrogens (tertiary/aromatic N) is 2. The number of nitrogens with one attached hydrogen (secondary N) is 1. The van der Waals surface area contributed by atoms with Gasteiger partial charge >= 0.3 is 0 Å². The SMILES string of the molecule is CCNC(=O)[C@H](CC)N(Cc1ccc(OC)cc1)C(=O)CN(c1ccccc1OCC)S(=O)(=O)c1ccc(Cl)cc1. The van der Waals surface area contributed by atoms with Gasteiger partial charge in [-0.2, -0.15) is 0 Å². The Hall–Kier alpha value is -3.76. The van der Waals surface area contributed by atoms with Crippen LogP contribution in [0.1, 0.15) is 32.8 Å². The van der Waals surface area contributed by atoms with Crippen LogP contribution in [-0.2, 0) is 26.2 Å². The Balaban J connectivity index is 2.10. The molecule has 9 nitrogen and oxygen atoms in total. The van der Waals surface area contributed by atoms with Gasteiger partial charge in [0.15, 0.2) is 0 Å². The van der Waals surface area contributed by atoms with Gasteiger partial charge in [0.25, 0.3) is 10.0 Å². The van der Waals surface area contributed by atoms with Gasteiger partial charge < -0.3 is 19.7 Å². The maximum Gasteiger partial charge on any atom is 0.264 e. The van der Waals surface area contributed by atoms with Crippen molar-refractivity contribution in [3.8, 4) is 11.5 Å². The number of para-hydroxylation sites is 2. The van der Waals surface area contributed by atoms with E-state index in [1.807, 2.05) is 0 Å². The van der Waals surface area contributed by atoms with Crippen LogP contribution in [0.15, 0.2) is 77.7 Å². The molecule has 2 amide bonds. The zero-order chi connectivity index (χ0) is 30.0. The summed E-state index contributed by atoms with van der Waals surface area (Å²) in [5, 5.41) is 3.17. The number of hydrogen-bond donors (Lipinski definition) is 1. The van der Waals surface area contributed by atoms with Gasteiger partial charge in [0.05, 0.1) is 24.3 Å². The third-order valence-electron chi connectivity index (χ3n) is 6.36. The lowest BCUT2D eigenvalue weighted by Crippen LogP contribution is -2.52. The normalized spacial score (nSPS) is 11.8. The standard InChI is InChI=1S/C30H36ClN3O6S/c1-5-26(30(36)32-6-2)33(20-22-12-16-24(39-4)17-13-22)29(35)21-34(27-10-8-9-11-28(27)40-7-3)41(37,38)25-18-14-23(31)15-19-25/h8-19,26H,5-7,20-21H2,1-4H3,(H,32,36)/t26-/m0/s1. The van der Waals surface area contributed by atoms with Gasteiger partial charge in [-0.25, -0.2) is 8.42 Å². The number of benzene rings is 3. The first-order chi connectivity index (χ1) is 19.7. The van der Waals surface area contributed by atoms with E-state index in [9.17, 15) is 18.0 Å². The molecule has 0 saturated carbocycles. The summed E-state index contributed by atoms with van der Waals surface area (Å²) < 4.78 is 40.1. The van der Waals surface area contributed by atoms with E-state index in [2.05, 4.69) is 5.32 Å². The summed E-state index contributed by atoms with van der Waals surface area (Å²) in [4.78, 5) is 28.6. The molecule has 0 aliphatic carbocycles. The Morgan fingerprint density at radius 1 is 0.951 bits per heavy atom. The molecule has 3 aromatic rings. The van der Waals surface area contributed by atoms with E-state index in [4.69, 9.17) is 21.1 Å². The number of rotatable bonds is 14. The average Bonchev–Trinajstić information content (AvgIpc) is 2.97. The lowest BCUT2D eigenvalue weighted by atomic mass is 10.1. The molecule has 1 N–H and O–H groups in total. The summed E-state index contributed by atoms with van der Waals surface area (Å²) in [6.07, 6.45) is 0.327. The predicted molar refractivity (Wildman–Crippen MR) is 160 cm³/mol. The topological polar surface area (TPSA) is 105 Å². The van der Waals surface area contributed by atoms with Gasteiger partial charge in [0.1, 0.15) is 24.1 Å². The molecule has 3 rings (SSSR count). The van der Waals surface area contributed by atoms with Crippen LogP contribution in [0.2, 0.25) is 5.02 Å². The monoisotopic (exact) mass is 601 g/mol. The Labute approximate surface area is 247 Å². The largest absolute Gasteiger partial charge is 0.497 e. The lowest BCUT2D eigenvalue weighted by molar-refractivity contribution is -0.140. The fraction of sp³-hybridized carbons (Fsp3) is 0.333. The first-order valence-electron chi connectivity index (χ1n) is 13.4. The molecule has 0 spiro atoms. The number of carbonyl (C=O) groups is 2. The van der Waals surface area contributed by atoms with Crippen molar-refractivity contribution in [2.24, 2.45) is 0 Å². The van der Waals surface area contributed by atoms with Crippen molar-refractivity contribution in [3.05, 3.63) is 83.4 Å². The first kappa shape index (κ1) is 31.8. The highest BCUT2D eigenvalue weighted by atomic mass is 35.5. The highest BCUT2D eigenvalue weighted by Gasteiger charge is 2.34. The van der Waals surface area contributed by atoms with Crippen LogP contribution < -0.4 is 19.1 Å². The number of hydrogen-bond acceptors (Lipinski definition) is 6. The molecular weight excluding hydrogens is 566 g/mol. The Morgan fingerprint density at radius 3 is 2.20 bits per heavy atom. The van der Waals surface area contributed by atoms with Crippen LogP contribution >= 0.6 is 11.6 Å². The first-order valence-corrected chi connectivity index (χ1v) is 15.2. The Morgan fingerprint density at radius 2 is 1.61 bits per heavy atom. The van der Waals surface area contributed by atoms with Gasteiger partial charge in [0.2, 0.25) is 11.8 Å². The lowest BCUT2D eigenvalue weighted by Gasteiger charge is -2.33. The van der Waals surface area contributed by atoms with Crippen LogP contribution in [0.3, 0.4) is 0 Å². The van der Waals surface area contributed by atoms with Crippen molar-refractivity contribution < 1.29 is 27.5 Å². The van der Waals surface area contributed by atoms with Gasteiger partial charge in [-0.3, -0.25) is 13.9 Å². The highest BCUT2D eigenvalue weighted by molar-refractivity contribution is 7.92. The molecule has 0 unspecified atom stereocenters. The minimum absolute atomic E-state index is 0.0431. The molecule has 0 aliphatic heterocycles. The molecule has 220 valence electrons. The molecule has 41 heavy (non-hydrogen) atoms. The molecular formula is C30H36ClN3O6S. The maximum absolute atomic E-state index is 14.1. The van der Waals surface area contributed by atoms with Crippen molar-refractivity contribution in [1.82, 2.24) is 10.2 Å². The van der Waals surface area contributed by atoms with Crippen LogP contribution in [0, 0.1) is 0 Å². The number of ether oxygens (including phenoxy) is 2. The summed E-state index contributed by atoms with van der Waals surface area (Å²) in [5.41, 5.74) is 0.955. The maximum atomic E-state index is 14.1. The number of likely N-dealkylation sites (N-methyl/N-ethyl adjacent to an activating group) is 1. The second-order valence-electron chi connectivity index (χ2n) is 9.05. The van der Waals surface area contributed by atoms with E-state index in [-0.39, 0.29) is 23.0 Å². The molecule has 0 bridgehead atoms. The molecule has 1 atom stereocenters. The van der Waals surface area contributed by atoms with Crippen LogP contribution in [0.25, 0.3) is 0 Å². The van der Waals surface area contributed by atoms with Crippen molar-refractivity contribution >= 4 is 39.1 Å². The van der Waals surface area contributed by atoms with Gasteiger partial charge in [-0.15, -0.1) is 0 Å². The van der Waals surface area contributed by atoms with E-state index in [0.29, 0.717) is 36.1 Å². The van der Waals surface area contributed by atoms with E-state index < -0.39 is 28.5 Å². The fourth-order valence-corrected chi connectivity index (χ4v) is 5.88. The summed E-state index contributed by atoms with van der Waals surface area (Å²) in [5.74, 6) is 0.0782. The molecule has 0 aromatic heterocycles. The number of carbonyl (C=O) groups excluding carboxylic acids is 2. The van der Waals surface area contributed by atoms with Gasteiger partial charge in [-0.05, 0) is 74.4 Å². The van der Waals surface area contributed by atoms with Crippen molar-refractivity contribution in [2.45, 2.75) is 44.7 Å². The molecule has 11 heteroatoms. The van der Waals surface area contributed by atoms with Crippen molar-refractivity contribution in [1.29, 1.82) is 0 Å². The molecule has 0 radical (unpaired) electrons. The number of halogens is 1. The quantitative estimate of drug-likeness (QED) is 0.282. The van der Waals surface area contributed by atoms with Crippen molar-refractivity contribution in [2.75, 3.05) is 31.1 Å². The van der Waals surface area contributed by atoms with E-state index in [1.54, 1.807) is 76.4 Å². The van der Waals surface area contributed by atoms with E-state index in [1.165, 1.54) is 29.2 Å². The number of sulfonamides is 1. The summed E-state index contributed by atoms with van der Waals surface area (Å²) in [7, 11) is -2.70. The van der Waals surface area contributed by atoms with Gasteiger partial charge in [-0.1, -0.05) is 42.8 Å². The van der Waals surface area contributed by atoms with Crippen LogP contribution in [0.4, 0.5) is 5.69 Å². The minimum atomic E-state index is -4.25. The average molecular weight is 602 g/mol. The van der Waals surface area contributed by atoms with E-state index in [0.717, 1.165) is 9.87 Å². The van der Waals surface area contributed by atoms with Crippen molar-refractivity contribution in [3.63, 3.8) is 0 Å². The third-order valence-corrected chi connectivity index (χ3v) is 8.39. The molecule has 3 aromatic carbocycles. The summed E-state index contributed by atoms with van der Waals surface area (Å²) in [6.45, 7) is 5.58. The fourth-order valence-electron chi connectivity index (χ4n) is 4.33. The van der Waals surface area contributed by atoms with Gasteiger partial charge in [0, 0.05) is 18.1 Å². The molecule has 0 saturated heterocycles. The molecule has 0 aliphatic rings. The predicted octanol–water partition coefficient (Wildman–Crippen LogP) is 4.89. The minimum Gasteiger partial charge on any atom is -0.497 e. The second-order valence-corrected chi connectivity index (χ2v) is 11.4. The Bertz CT molecular complexity index is 1410. The van der Waals surface area contributed by atoms with E-state index >= 15 is 0 Å². The number of methoxy groups -OCH3 is 1. The zero-order valence-corrected chi connectivity index (χ0v) is 25.2. The summed E-state index contributed by atoms with van der Waals surface area (Å²) in [6, 6.07) is 18.6. The van der Waals surface area contributed by atoms with Crippen LogP contribution in [0.5, 0.6) is 11.5 Å². The molecule has 0 fully saturated rings.